The fourth-order valence-corrected chi connectivity index (χ4v) is 4.27. The van der Waals surface area contributed by atoms with Gasteiger partial charge < -0.3 is 9.84 Å². The number of carboxylic acids is 1. The molecule has 0 aliphatic heterocycles. The summed E-state index contributed by atoms with van der Waals surface area (Å²) in [6.45, 7) is 6.34. The number of carbonyl (C=O) groups excluding carboxylic acids is 3. The first-order valence-electron chi connectivity index (χ1n) is 15.7. The van der Waals surface area contributed by atoms with E-state index in [4.69, 9.17) is 9.84 Å². The number of hydrogen-bond acceptors (Lipinski definition) is 5. The third kappa shape index (κ3) is 36.4. The topological polar surface area (TPSA) is 97.7 Å². The van der Waals surface area contributed by atoms with Crippen molar-refractivity contribution in [3.05, 3.63) is 0 Å². The molecule has 0 rings (SSSR count). The van der Waals surface area contributed by atoms with Gasteiger partial charge in [0.05, 0.1) is 6.61 Å². The van der Waals surface area contributed by atoms with Crippen molar-refractivity contribution in [3.63, 3.8) is 0 Å². The second-order valence-electron chi connectivity index (χ2n) is 10.7. The van der Waals surface area contributed by atoms with Gasteiger partial charge in [-0.05, 0) is 19.8 Å². The van der Waals surface area contributed by atoms with E-state index in [1.54, 1.807) is 0 Å². The molecular formula is C32H60O6. The van der Waals surface area contributed by atoms with Gasteiger partial charge in [0.15, 0.2) is 0 Å². The van der Waals surface area contributed by atoms with Gasteiger partial charge in [0.1, 0.15) is 24.4 Å². The summed E-state index contributed by atoms with van der Waals surface area (Å²) in [5.41, 5.74) is 0. The second kappa shape index (κ2) is 31.5. The fourth-order valence-electron chi connectivity index (χ4n) is 4.27. The van der Waals surface area contributed by atoms with Crippen molar-refractivity contribution >= 4 is 23.5 Å². The third-order valence-corrected chi connectivity index (χ3v) is 6.56. The molecule has 224 valence electrons. The summed E-state index contributed by atoms with van der Waals surface area (Å²) >= 11 is 0. The van der Waals surface area contributed by atoms with Gasteiger partial charge in [0.2, 0.25) is 0 Å². The summed E-state index contributed by atoms with van der Waals surface area (Å²) < 4.78 is 4.97. The van der Waals surface area contributed by atoms with Crippen LogP contribution in [0.3, 0.4) is 0 Å². The number of esters is 1. The number of carbonyl (C=O) groups is 4. The van der Waals surface area contributed by atoms with Crippen LogP contribution in [0.15, 0.2) is 0 Å². The minimum atomic E-state index is -1.01. The second-order valence-corrected chi connectivity index (χ2v) is 10.7. The standard InChI is InChI=1S/2C16H30O3/c1-3-4-5-6-7-8-9-10-11-12-13-19-16(18)14-15(2)17;1-2-3-4-5-6-7-8-9-10-11-12-13-15(17)14-16(18)19/h3-14H2,1-2H3;2-14H2,1H3,(H,18,19). The molecule has 0 saturated heterocycles. The van der Waals surface area contributed by atoms with Crippen molar-refractivity contribution in [2.24, 2.45) is 0 Å². The van der Waals surface area contributed by atoms with Crippen molar-refractivity contribution in [1.29, 1.82) is 0 Å². The van der Waals surface area contributed by atoms with E-state index < -0.39 is 5.97 Å². The number of carboxylic acid groups (broad SMARTS) is 1. The van der Waals surface area contributed by atoms with Gasteiger partial charge in [-0.2, -0.15) is 0 Å². The first-order chi connectivity index (χ1) is 18.3. The third-order valence-electron chi connectivity index (χ3n) is 6.56. The van der Waals surface area contributed by atoms with Crippen LogP contribution in [0.5, 0.6) is 0 Å². The first kappa shape index (κ1) is 38.4. The van der Waals surface area contributed by atoms with E-state index in [0.717, 1.165) is 25.7 Å². The van der Waals surface area contributed by atoms with Gasteiger partial charge in [0.25, 0.3) is 0 Å². The van der Waals surface area contributed by atoms with Gasteiger partial charge >= 0.3 is 11.9 Å². The molecule has 1 N–H and O–H groups in total. The minimum Gasteiger partial charge on any atom is -0.481 e. The van der Waals surface area contributed by atoms with Crippen LogP contribution in [0, 0.1) is 0 Å². The van der Waals surface area contributed by atoms with Crippen LogP contribution < -0.4 is 0 Å². The average Bonchev–Trinajstić information content (AvgIpc) is 2.85. The van der Waals surface area contributed by atoms with Crippen LogP contribution in [-0.4, -0.2) is 35.2 Å². The minimum absolute atomic E-state index is 0.0856. The normalized spacial score (nSPS) is 10.5. The van der Waals surface area contributed by atoms with Gasteiger partial charge in [-0.25, -0.2) is 0 Å². The molecule has 0 aliphatic carbocycles. The molecule has 0 radical (unpaired) electrons. The molecule has 0 unspecified atom stereocenters. The van der Waals surface area contributed by atoms with Crippen molar-refractivity contribution in [1.82, 2.24) is 0 Å². The lowest BCUT2D eigenvalue weighted by Crippen LogP contribution is -2.09. The highest BCUT2D eigenvalue weighted by molar-refractivity contribution is 5.94. The van der Waals surface area contributed by atoms with Gasteiger partial charge in [-0.3, -0.25) is 19.2 Å². The SMILES string of the molecule is CCCCCCCCCCCCCC(=O)CC(=O)O.CCCCCCCCCCCCOC(=O)CC(C)=O. The molecule has 38 heavy (non-hydrogen) atoms. The maximum absolute atomic E-state index is 11.1. The van der Waals surface area contributed by atoms with Crippen molar-refractivity contribution < 1.29 is 29.0 Å². The van der Waals surface area contributed by atoms with Gasteiger partial charge in [-0.1, -0.05) is 136 Å². The van der Waals surface area contributed by atoms with Crippen molar-refractivity contribution in [2.45, 2.75) is 175 Å². The number of hydrogen-bond donors (Lipinski definition) is 1. The molecule has 6 heteroatoms. The summed E-state index contributed by atoms with van der Waals surface area (Å²) in [5, 5.41) is 8.44. The Kier molecular flexibility index (Phi) is 31.9. The monoisotopic (exact) mass is 540 g/mol. The lowest BCUT2D eigenvalue weighted by atomic mass is 10.0. The number of rotatable bonds is 27. The van der Waals surface area contributed by atoms with E-state index in [2.05, 4.69) is 13.8 Å². The molecule has 0 heterocycles. The summed E-state index contributed by atoms with van der Waals surface area (Å²) in [5.74, 6) is -1.66. The number of aliphatic carboxylic acids is 1. The van der Waals surface area contributed by atoms with Crippen LogP contribution in [0.25, 0.3) is 0 Å². The quantitative estimate of drug-likeness (QED) is 0.0633. The van der Waals surface area contributed by atoms with E-state index in [0.29, 0.717) is 13.0 Å². The van der Waals surface area contributed by atoms with E-state index >= 15 is 0 Å². The predicted molar refractivity (Wildman–Crippen MR) is 156 cm³/mol. The summed E-state index contributed by atoms with van der Waals surface area (Å²) in [7, 11) is 0. The maximum Gasteiger partial charge on any atom is 0.313 e. The Labute approximate surface area is 234 Å². The van der Waals surface area contributed by atoms with Crippen molar-refractivity contribution in [2.75, 3.05) is 6.61 Å². The summed E-state index contributed by atoms with van der Waals surface area (Å²) in [6, 6.07) is 0. The fraction of sp³-hybridized carbons (Fsp3) is 0.875. The van der Waals surface area contributed by atoms with Crippen LogP contribution in [0.4, 0.5) is 0 Å². The number of Topliss-reactive ketones (excluding diaryl/α,β-unsaturated/α-hetero) is 2. The van der Waals surface area contributed by atoms with E-state index in [1.807, 2.05) is 0 Å². The molecule has 0 bridgehead atoms. The Bertz CT molecular complexity index is 522. The molecule has 0 aliphatic rings. The summed E-state index contributed by atoms with van der Waals surface area (Å²) in [6.07, 6.45) is 26.4. The van der Waals surface area contributed by atoms with Crippen LogP contribution in [0.2, 0.25) is 0 Å². The lowest BCUT2D eigenvalue weighted by molar-refractivity contribution is -0.146. The molecule has 0 aromatic heterocycles. The molecule has 6 nitrogen and oxygen atoms in total. The van der Waals surface area contributed by atoms with E-state index in [1.165, 1.54) is 116 Å². The van der Waals surface area contributed by atoms with Gasteiger partial charge in [-0.15, -0.1) is 0 Å². The van der Waals surface area contributed by atoms with Crippen LogP contribution in [0.1, 0.15) is 175 Å². The summed E-state index contributed by atoms with van der Waals surface area (Å²) in [4.78, 5) is 43.1. The molecule has 0 amide bonds. The number of unbranched alkanes of at least 4 members (excludes halogenated alkanes) is 19. The molecule has 0 aromatic carbocycles. The Morgan fingerprint density at radius 3 is 1.26 bits per heavy atom. The Morgan fingerprint density at radius 1 is 0.526 bits per heavy atom. The highest BCUT2D eigenvalue weighted by Crippen LogP contribution is 2.12. The molecule has 0 aromatic rings. The lowest BCUT2D eigenvalue weighted by Gasteiger charge is -2.04. The number of ketones is 2. The molecule has 0 atom stereocenters. The van der Waals surface area contributed by atoms with Gasteiger partial charge in [0, 0.05) is 6.42 Å². The highest BCUT2D eigenvalue weighted by atomic mass is 16.5. The highest BCUT2D eigenvalue weighted by Gasteiger charge is 2.07. The van der Waals surface area contributed by atoms with E-state index in [9.17, 15) is 19.2 Å². The molecule has 0 fully saturated rings. The number of ether oxygens (including phenoxy) is 1. The van der Waals surface area contributed by atoms with E-state index in [-0.39, 0.29) is 30.4 Å². The zero-order valence-corrected chi connectivity index (χ0v) is 25.2. The predicted octanol–water partition coefficient (Wildman–Crippen LogP) is 9.16. The Hall–Kier alpha value is -1.72. The smallest absolute Gasteiger partial charge is 0.313 e. The van der Waals surface area contributed by atoms with Crippen LogP contribution >= 0.6 is 0 Å². The maximum atomic E-state index is 11.1. The van der Waals surface area contributed by atoms with Crippen molar-refractivity contribution in [3.8, 4) is 0 Å². The van der Waals surface area contributed by atoms with Crippen LogP contribution in [-0.2, 0) is 23.9 Å². The molecule has 0 spiro atoms. The average molecular weight is 541 g/mol. The Balaban J connectivity index is 0. The zero-order valence-electron chi connectivity index (χ0n) is 25.2. The largest absolute Gasteiger partial charge is 0.481 e. The zero-order chi connectivity index (χ0) is 28.7. The molecular weight excluding hydrogens is 480 g/mol. The first-order valence-corrected chi connectivity index (χ1v) is 15.7. The molecule has 0 saturated carbocycles. The Morgan fingerprint density at radius 2 is 0.895 bits per heavy atom.